The van der Waals surface area contributed by atoms with Crippen molar-refractivity contribution in [1.29, 1.82) is 0 Å². The maximum absolute atomic E-state index is 5.14. The van der Waals surface area contributed by atoms with E-state index in [2.05, 4.69) is 248 Å². The lowest BCUT2D eigenvalue weighted by Gasteiger charge is -2.47. The van der Waals surface area contributed by atoms with Crippen LogP contribution in [0.4, 0.5) is 0 Å². The minimum atomic E-state index is 0.541. The fraction of sp³-hybridized carbons (Fsp3) is 0.954. The Morgan fingerprint density at radius 1 is 0.391 bits per heavy atom. The minimum Gasteiger partial charge on any atom is -0.0993 e. The first-order valence-corrected chi connectivity index (χ1v) is 39.6. The molecule has 1 aliphatic carbocycles. The van der Waals surface area contributed by atoms with Crippen LogP contribution in [-0.4, -0.2) is 0 Å². The first-order valence-electron chi connectivity index (χ1n) is 39.6. The predicted molar refractivity (Wildman–Crippen MR) is 399 cm³/mol. The van der Waals surface area contributed by atoms with Gasteiger partial charge in [-0.05, 0) is 285 Å². The Bertz CT molecular complexity index is 1770. The highest BCUT2D eigenvalue weighted by Gasteiger charge is 2.43. The Morgan fingerprint density at radius 3 is 1.25 bits per heavy atom. The molecular formula is C87H170. The van der Waals surface area contributed by atoms with Crippen molar-refractivity contribution in [3.8, 4) is 0 Å². The van der Waals surface area contributed by atoms with E-state index in [1.54, 1.807) is 5.57 Å². The maximum atomic E-state index is 5.14. The van der Waals surface area contributed by atoms with E-state index in [0.29, 0.717) is 101 Å². The molecule has 0 amide bonds. The zero-order chi connectivity index (χ0) is 67.2. The van der Waals surface area contributed by atoms with Crippen molar-refractivity contribution in [1.82, 2.24) is 0 Å². The van der Waals surface area contributed by atoms with Gasteiger partial charge in [-0.2, -0.15) is 0 Å². The Labute approximate surface area is 554 Å². The highest BCUT2D eigenvalue weighted by Crippen LogP contribution is 2.51. The normalized spacial score (nSPS) is 41.2. The van der Waals surface area contributed by atoms with Crippen molar-refractivity contribution in [3.63, 3.8) is 0 Å². The summed E-state index contributed by atoms with van der Waals surface area (Å²) in [6, 6.07) is 0. The van der Waals surface area contributed by atoms with E-state index in [-0.39, 0.29) is 0 Å². The van der Waals surface area contributed by atoms with Crippen molar-refractivity contribution in [2.45, 2.75) is 332 Å². The molecule has 29 atom stereocenters. The molecule has 87 heavy (non-hydrogen) atoms. The van der Waals surface area contributed by atoms with Crippen LogP contribution in [0.3, 0.4) is 0 Å². The van der Waals surface area contributed by atoms with Crippen LogP contribution in [0.25, 0.3) is 0 Å². The van der Waals surface area contributed by atoms with Gasteiger partial charge in [0.05, 0.1) is 0 Å². The molecule has 0 aromatic carbocycles. The molecule has 0 N–H and O–H groups in total. The molecule has 29 unspecified atom stereocenters. The average Bonchev–Trinajstić information content (AvgIpc) is 3.54. The highest BCUT2D eigenvalue weighted by molar-refractivity contribution is 5.06. The molecule has 0 radical (unpaired) electrons. The van der Waals surface area contributed by atoms with Crippen molar-refractivity contribution >= 4 is 0 Å². The Kier molecular flexibility index (Phi) is 40.1. The number of hydrogen-bond acceptors (Lipinski definition) is 0. The summed E-state index contributed by atoms with van der Waals surface area (Å²) >= 11 is 0. The van der Waals surface area contributed by atoms with Crippen LogP contribution in [0.5, 0.6) is 0 Å². The van der Waals surface area contributed by atoms with E-state index in [1.165, 1.54) is 96.3 Å². The number of rotatable bonds is 17. The Balaban J connectivity index is 4.24. The van der Waals surface area contributed by atoms with E-state index in [1.807, 2.05) is 0 Å². The van der Waals surface area contributed by atoms with E-state index >= 15 is 0 Å². The molecule has 0 nitrogen and oxygen atoms in total. The second kappa shape index (κ2) is 41.3. The lowest BCUT2D eigenvalue weighted by Crippen LogP contribution is -2.40. The molecule has 518 valence electrons. The summed E-state index contributed by atoms with van der Waals surface area (Å²) in [7, 11) is 0. The van der Waals surface area contributed by atoms with Gasteiger partial charge in [0.1, 0.15) is 0 Å². The van der Waals surface area contributed by atoms with Crippen LogP contribution in [0, 0.1) is 201 Å². The first-order chi connectivity index (χ1) is 40.3. The van der Waals surface area contributed by atoms with E-state index in [4.69, 9.17) is 6.58 Å². The summed E-state index contributed by atoms with van der Waals surface area (Å²) in [5, 5.41) is 0. The third kappa shape index (κ3) is 26.7. The van der Waals surface area contributed by atoms with Crippen LogP contribution in [0.1, 0.15) is 332 Å². The zero-order valence-electron chi connectivity index (χ0n) is 66.6. The van der Waals surface area contributed by atoms with Gasteiger partial charge in [0.2, 0.25) is 0 Å². The molecule has 0 bridgehead atoms. The second-order valence-corrected chi connectivity index (χ2v) is 36.6. The average molecular weight is 1220 g/mol. The fourth-order valence-electron chi connectivity index (χ4n) is 20.7. The largest absolute Gasteiger partial charge is 0.0993 e. The van der Waals surface area contributed by atoms with Crippen molar-refractivity contribution in [2.75, 3.05) is 0 Å². The Hall–Kier alpha value is -0.520. The van der Waals surface area contributed by atoms with Crippen molar-refractivity contribution < 1.29 is 0 Å². The summed E-state index contributed by atoms with van der Waals surface area (Å²) in [5.74, 6) is 24.0. The van der Waals surface area contributed by atoms with Crippen molar-refractivity contribution in [3.05, 3.63) is 24.3 Å². The topological polar surface area (TPSA) is 0 Å². The number of allylic oxidation sites excluding steroid dienone is 3. The first kappa shape index (κ1) is 84.5. The van der Waals surface area contributed by atoms with Crippen LogP contribution in [0.2, 0.25) is 0 Å². The van der Waals surface area contributed by atoms with E-state index < -0.39 is 0 Å². The summed E-state index contributed by atoms with van der Waals surface area (Å²) in [4.78, 5) is 0. The summed E-state index contributed by atoms with van der Waals surface area (Å²) in [6.45, 7) is 94.3. The molecule has 0 spiro atoms. The SMILES string of the molecule is C=C1C(C)CC(C)C(C)C(CCC)C(C)CC(C(C)C)C(C)C(C)C(CCC(C)C)C(C)CC(C)C(C)CC(C)C(C)C(C)C(CC(C)C)C(C)CC(C)C(CC(C)C)C(C)C(C)C(CC(C)C)C(C)C(C)C(C(C)C(C)C/C=C/C)C(C)CC1CC. The molecule has 1 fully saturated rings. The molecular weight excluding hydrogens is 1040 g/mol. The molecule has 1 rings (SSSR count). The van der Waals surface area contributed by atoms with Crippen LogP contribution >= 0.6 is 0 Å². The molecule has 0 aromatic heterocycles. The van der Waals surface area contributed by atoms with Gasteiger partial charge in [-0.25, -0.2) is 0 Å². The maximum Gasteiger partial charge on any atom is -0.0203 e. The lowest BCUT2D eigenvalue weighted by atomic mass is 9.58. The van der Waals surface area contributed by atoms with Gasteiger partial charge in [-0.1, -0.05) is 272 Å². The zero-order valence-corrected chi connectivity index (χ0v) is 66.6. The van der Waals surface area contributed by atoms with Crippen molar-refractivity contribution in [2.24, 2.45) is 201 Å². The van der Waals surface area contributed by atoms with E-state index in [9.17, 15) is 0 Å². The molecule has 0 aromatic rings. The smallest absolute Gasteiger partial charge is 0.0203 e. The van der Waals surface area contributed by atoms with Gasteiger partial charge in [-0.15, -0.1) is 0 Å². The van der Waals surface area contributed by atoms with Gasteiger partial charge in [0, 0.05) is 0 Å². The lowest BCUT2D eigenvalue weighted by molar-refractivity contribution is 0.0225. The summed E-state index contributed by atoms with van der Waals surface area (Å²) in [6.07, 6.45) is 24.7. The van der Waals surface area contributed by atoms with Gasteiger partial charge in [0.15, 0.2) is 0 Å². The third-order valence-corrected chi connectivity index (χ3v) is 27.9. The standard InChI is InChI=1S/C87H170/c1-36-39-41-58(14)72(28)87-68(24)51-80(38-3)70(26)62(18)49-63(19)71(27)81(40-37-2)67(23)52-83(57(12)13)75(31)74(30)82(43-42-53(4)5)64(20)48-60(16)59(15)47-61(17)69(25)73(29)84(44-54(6)7)65(21)50-66(22)85(45-55(8)9)76(32)77(33)86(46-56(10)11)78(34)79(87)35/h36,39,53-69,71-87H,26,37-38,40-52H2,1-25,27-35H3/b39-36+. The molecule has 0 heteroatoms. The number of hydrogen-bond donors (Lipinski definition) is 0. The third-order valence-electron chi connectivity index (χ3n) is 27.9. The monoisotopic (exact) mass is 1220 g/mol. The van der Waals surface area contributed by atoms with Gasteiger partial charge in [0.25, 0.3) is 0 Å². The fourth-order valence-corrected chi connectivity index (χ4v) is 20.7. The van der Waals surface area contributed by atoms with Crippen LogP contribution < -0.4 is 0 Å². The predicted octanol–water partition coefficient (Wildman–Crippen LogP) is 28.6. The molecule has 0 heterocycles. The quantitative estimate of drug-likeness (QED) is 0.127. The van der Waals surface area contributed by atoms with E-state index in [0.717, 1.165) is 101 Å². The highest BCUT2D eigenvalue weighted by atomic mass is 14.5. The second-order valence-electron chi connectivity index (χ2n) is 36.6. The molecule has 1 aliphatic rings. The molecule has 1 saturated carbocycles. The molecule has 0 aliphatic heterocycles. The van der Waals surface area contributed by atoms with Gasteiger partial charge >= 0.3 is 0 Å². The molecule has 0 saturated heterocycles. The Morgan fingerprint density at radius 2 is 0.793 bits per heavy atom. The van der Waals surface area contributed by atoms with Gasteiger partial charge < -0.3 is 0 Å². The van der Waals surface area contributed by atoms with Gasteiger partial charge in [-0.3, -0.25) is 0 Å². The van der Waals surface area contributed by atoms with Crippen LogP contribution in [-0.2, 0) is 0 Å². The van der Waals surface area contributed by atoms with Crippen LogP contribution in [0.15, 0.2) is 24.3 Å². The minimum absolute atomic E-state index is 0.541. The summed E-state index contributed by atoms with van der Waals surface area (Å²) < 4.78 is 0. The summed E-state index contributed by atoms with van der Waals surface area (Å²) in [5.41, 5.74) is 1.57.